The minimum Gasteiger partial charge on any atom is -0.463 e. The van der Waals surface area contributed by atoms with Gasteiger partial charge in [-0.2, -0.15) is 0 Å². The maximum atomic E-state index is 14.2. The van der Waals surface area contributed by atoms with Crippen LogP contribution in [0.3, 0.4) is 0 Å². The third-order valence-corrected chi connectivity index (χ3v) is 2.88. The fourth-order valence-electron chi connectivity index (χ4n) is 1.71. The topological polar surface area (TPSA) is 35.5 Å². The summed E-state index contributed by atoms with van der Waals surface area (Å²) < 4.78 is 37.3. The minimum atomic E-state index is -1.11. The van der Waals surface area contributed by atoms with Crippen LogP contribution >= 0.6 is 0 Å². The van der Waals surface area contributed by atoms with Gasteiger partial charge in [0.25, 0.3) is 0 Å². The Morgan fingerprint density at radius 1 is 1.25 bits per heavy atom. The molecule has 0 heterocycles. The van der Waals surface area contributed by atoms with Crippen molar-refractivity contribution < 1.29 is 23.0 Å². The van der Waals surface area contributed by atoms with E-state index >= 15 is 0 Å². The van der Waals surface area contributed by atoms with Gasteiger partial charge in [-0.05, 0) is 43.7 Å². The summed E-state index contributed by atoms with van der Waals surface area (Å²) in [5.41, 5.74) is 0.572. The van der Waals surface area contributed by atoms with Crippen LogP contribution < -0.4 is 4.74 Å². The Bertz CT molecular complexity index is 658. The number of alkyl halides is 1. The molecule has 0 saturated carbocycles. The summed E-state index contributed by atoms with van der Waals surface area (Å²) in [5, 5.41) is 0. The number of rotatable bonds is 8. The van der Waals surface area contributed by atoms with Crippen molar-refractivity contribution in [2.75, 3.05) is 13.3 Å². The Morgan fingerprint density at radius 2 is 1.92 bits per heavy atom. The van der Waals surface area contributed by atoms with Gasteiger partial charge < -0.3 is 9.47 Å². The predicted octanol–water partition coefficient (Wildman–Crippen LogP) is 4.84. The Hall–Kier alpha value is -2.69. The molecular weight excluding hydrogens is 314 g/mol. The van der Waals surface area contributed by atoms with E-state index < -0.39 is 24.2 Å². The highest BCUT2D eigenvalue weighted by atomic mass is 19.1. The van der Waals surface area contributed by atoms with Crippen molar-refractivity contribution >= 4 is 5.97 Å². The van der Waals surface area contributed by atoms with Gasteiger partial charge in [0.05, 0.1) is 6.61 Å². The molecule has 0 fully saturated rings. The molecule has 0 radical (unpaired) electrons. The highest BCUT2D eigenvalue weighted by Crippen LogP contribution is 2.19. The van der Waals surface area contributed by atoms with Crippen molar-refractivity contribution in [1.82, 2.24) is 0 Å². The summed E-state index contributed by atoms with van der Waals surface area (Å²) in [4.78, 5) is 11.6. The van der Waals surface area contributed by atoms with Gasteiger partial charge in [-0.1, -0.05) is 30.9 Å². The van der Waals surface area contributed by atoms with Crippen molar-refractivity contribution in [3.05, 3.63) is 77.9 Å². The molecule has 1 aromatic carbocycles. The van der Waals surface area contributed by atoms with E-state index in [1.54, 1.807) is 37.3 Å². The van der Waals surface area contributed by atoms with Crippen LogP contribution in [0.1, 0.15) is 13.8 Å². The zero-order valence-electron chi connectivity index (χ0n) is 13.7. The number of carbonyl (C=O) groups excluding carboxylic acids is 1. The summed E-state index contributed by atoms with van der Waals surface area (Å²) >= 11 is 0. The molecule has 0 bridgehead atoms. The normalized spacial score (nSPS) is 13.2. The number of hydrogen-bond donors (Lipinski definition) is 0. The second-order valence-electron chi connectivity index (χ2n) is 4.72. The lowest BCUT2D eigenvalue weighted by atomic mass is 10.1. The molecule has 0 aliphatic carbocycles. The van der Waals surface area contributed by atoms with E-state index in [1.165, 1.54) is 19.1 Å². The fourth-order valence-corrected chi connectivity index (χ4v) is 1.71. The standard InChI is InChI=1S/C19H20F2O3/c1-4-15(11-14(3)19(22)23-5-2)12-17(21)18(13-20)24-16-9-7-6-8-10-16/h4,6-12H,1,5,13H2,2-3H3/b14-11+,15-12+,18-17-. The van der Waals surface area contributed by atoms with Gasteiger partial charge in [0.1, 0.15) is 5.75 Å². The number of hydrogen-bond acceptors (Lipinski definition) is 3. The van der Waals surface area contributed by atoms with Crippen LogP contribution in [0.2, 0.25) is 0 Å². The molecule has 0 saturated heterocycles. The Labute approximate surface area is 140 Å². The van der Waals surface area contributed by atoms with Crippen molar-refractivity contribution in [3.63, 3.8) is 0 Å². The molecule has 0 aliphatic heterocycles. The molecule has 0 aliphatic rings. The number of benzene rings is 1. The zero-order chi connectivity index (χ0) is 17.9. The van der Waals surface area contributed by atoms with Gasteiger partial charge >= 0.3 is 5.97 Å². The van der Waals surface area contributed by atoms with Crippen LogP contribution in [0, 0.1) is 0 Å². The molecule has 0 spiro atoms. The summed E-state index contributed by atoms with van der Waals surface area (Å²) in [7, 11) is 0. The van der Waals surface area contributed by atoms with Gasteiger partial charge in [-0.25, -0.2) is 13.6 Å². The van der Waals surface area contributed by atoms with Gasteiger partial charge in [-0.3, -0.25) is 0 Å². The average molecular weight is 334 g/mol. The molecule has 24 heavy (non-hydrogen) atoms. The van der Waals surface area contributed by atoms with E-state index in [4.69, 9.17) is 9.47 Å². The molecule has 0 amide bonds. The third kappa shape index (κ3) is 6.20. The molecule has 1 rings (SSSR count). The predicted molar refractivity (Wildman–Crippen MR) is 89.8 cm³/mol. The van der Waals surface area contributed by atoms with Gasteiger partial charge in [0.15, 0.2) is 18.3 Å². The van der Waals surface area contributed by atoms with Crippen LogP contribution in [0.5, 0.6) is 5.75 Å². The van der Waals surface area contributed by atoms with Crippen molar-refractivity contribution in [2.24, 2.45) is 0 Å². The molecule has 5 heteroatoms. The van der Waals surface area contributed by atoms with Gasteiger partial charge in [0.2, 0.25) is 0 Å². The molecule has 128 valence electrons. The van der Waals surface area contributed by atoms with Crippen molar-refractivity contribution in [1.29, 1.82) is 0 Å². The number of para-hydroxylation sites is 1. The lowest BCUT2D eigenvalue weighted by Crippen LogP contribution is -2.05. The van der Waals surface area contributed by atoms with Crippen LogP contribution in [0.15, 0.2) is 77.9 Å². The van der Waals surface area contributed by atoms with Crippen molar-refractivity contribution in [2.45, 2.75) is 13.8 Å². The van der Waals surface area contributed by atoms with E-state index in [0.29, 0.717) is 11.3 Å². The first kappa shape index (κ1) is 19.4. The first-order valence-electron chi connectivity index (χ1n) is 7.38. The second kappa shape index (κ2) is 10.2. The minimum absolute atomic E-state index is 0.238. The van der Waals surface area contributed by atoms with Gasteiger partial charge in [0, 0.05) is 5.57 Å². The number of halogens is 2. The van der Waals surface area contributed by atoms with Crippen LogP contribution in [0.4, 0.5) is 8.78 Å². The maximum absolute atomic E-state index is 14.2. The molecule has 3 nitrogen and oxygen atoms in total. The molecule has 0 unspecified atom stereocenters. The Kier molecular flexibility index (Phi) is 8.19. The molecular formula is C19H20F2O3. The van der Waals surface area contributed by atoms with E-state index in [1.807, 2.05) is 0 Å². The monoisotopic (exact) mass is 334 g/mol. The largest absolute Gasteiger partial charge is 0.463 e. The maximum Gasteiger partial charge on any atom is 0.333 e. The zero-order valence-corrected chi connectivity index (χ0v) is 13.7. The summed E-state index contributed by atoms with van der Waals surface area (Å²) in [6, 6.07) is 8.33. The molecule has 1 aromatic rings. The van der Waals surface area contributed by atoms with Crippen LogP contribution in [-0.4, -0.2) is 19.3 Å². The highest BCUT2D eigenvalue weighted by Gasteiger charge is 2.09. The lowest BCUT2D eigenvalue weighted by Gasteiger charge is -2.07. The van der Waals surface area contributed by atoms with Crippen molar-refractivity contribution in [3.8, 4) is 5.75 Å². The number of carbonyl (C=O) groups is 1. The molecule has 0 aromatic heterocycles. The summed E-state index contributed by atoms with van der Waals surface area (Å²) in [6.45, 7) is 5.90. The van der Waals surface area contributed by atoms with E-state index in [9.17, 15) is 13.6 Å². The van der Waals surface area contributed by atoms with Crippen LogP contribution in [-0.2, 0) is 9.53 Å². The number of esters is 1. The lowest BCUT2D eigenvalue weighted by molar-refractivity contribution is -0.138. The molecule has 0 atom stereocenters. The van der Waals surface area contributed by atoms with Gasteiger partial charge in [-0.15, -0.1) is 0 Å². The highest BCUT2D eigenvalue weighted by molar-refractivity contribution is 5.88. The fraction of sp³-hybridized carbons (Fsp3) is 0.211. The first-order chi connectivity index (χ1) is 11.5. The van der Waals surface area contributed by atoms with E-state index in [2.05, 4.69) is 6.58 Å². The smallest absolute Gasteiger partial charge is 0.333 e. The van der Waals surface area contributed by atoms with Crippen LogP contribution in [0.25, 0.3) is 0 Å². The average Bonchev–Trinajstić information content (AvgIpc) is 2.59. The third-order valence-electron chi connectivity index (χ3n) is 2.88. The van der Waals surface area contributed by atoms with E-state index in [-0.39, 0.29) is 12.2 Å². The first-order valence-corrected chi connectivity index (χ1v) is 7.38. The SMILES string of the molecule is C=CC(=C\C(F)=C(/CF)Oc1ccccc1)/C=C(\C)C(=O)OCC. The summed E-state index contributed by atoms with van der Waals surface area (Å²) in [5.74, 6) is -1.53. The second-order valence-corrected chi connectivity index (χ2v) is 4.72. The number of allylic oxidation sites excluding steroid dienone is 6. The molecule has 0 N–H and O–H groups in total. The Balaban J connectivity index is 3.04. The van der Waals surface area contributed by atoms with E-state index in [0.717, 1.165) is 6.08 Å². The quantitative estimate of drug-likeness (QED) is 0.295. The number of ether oxygens (including phenoxy) is 2. The summed E-state index contributed by atoms with van der Waals surface area (Å²) in [6.07, 6.45) is 3.80. The Morgan fingerprint density at radius 3 is 2.46 bits per heavy atom.